The third-order valence-corrected chi connectivity index (χ3v) is 2.71. The molecule has 0 heterocycles. The molecule has 3 heteroatoms. The van der Waals surface area contributed by atoms with E-state index in [1.807, 2.05) is 30.3 Å². The monoisotopic (exact) mass is 245 g/mol. The van der Waals surface area contributed by atoms with Gasteiger partial charge in [-0.05, 0) is 31.5 Å². The summed E-state index contributed by atoms with van der Waals surface area (Å²) in [5, 5.41) is 9.07. The van der Waals surface area contributed by atoms with E-state index in [-0.39, 0.29) is 5.92 Å². The van der Waals surface area contributed by atoms with E-state index in [2.05, 4.69) is 11.8 Å². The second-order valence-electron chi connectivity index (χ2n) is 4.19. The van der Waals surface area contributed by atoms with Crippen LogP contribution in [0.25, 0.3) is 0 Å². The topological polar surface area (TPSA) is 63.3 Å². The molecular weight excluding hydrogens is 226 g/mol. The van der Waals surface area contributed by atoms with E-state index in [0.717, 1.165) is 18.4 Å². The van der Waals surface area contributed by atoms with Crippen LogP contribution in [0.3, 0.4) is 0 Å². The maximum atomic E-state index is 11.0. The van der Waals surface area contributed by atoms with Gasteiger partial charge in [0, 0.05) is 12.0 Å². The van der Waals surface area contributed by atoms with Crippen molar-refractivity contribution in [2.75, 3.05) is 6.54 Å². The molecule has 0 bridgehead atoms. The Bertz CT molecular complexity index is 417. The van der Waals surface area contributed by atoms with E-state index in [1.54, 1.807) is 0 Å². The molecule has 3 N–H and O–H groups in total. The summed E-state index contributed by atoms with van der Waals surface area (Å²) < 4.78 is 0. The van der Waals surface area contributed by atoms with Gasteiger partial charge >= 0.3 is 5.97 Å². The summed E-state index contributed by atoms with van der Waals surface area (Å²) >= 11 is 0. The Morgan fingerprint density at radius 2 is 2.00 bits per heavy atom. The molecule has 18 heavy (non-hydrogen) atoms. The molecule has 1 aromatic rings. The van der Waals surface area contributed by atoms with Gasteiger partial charge < -0.3 is 10.8 Å². The molecule has 0 amide bonds. The summed E-state index contributed by atoms with van der Waals surface area (Å²) in [6, 6.07) is 9.59. The third-order valence-electron chi connectivity index (χ3n) is 2.71. The van der Waals surface area contributed by atoms with Crippen LogP contribution >= 0.6 is 0 Å². The molecule has 1 unspecified atom stereocenters. The molecule has 1 rings (SSSR count). The zero-order valence-corrected chi connectivity index (χ0v) is 10.4. The van der Waals surface area contributed by atoms with Crippen LogP contribution in [0.1, 0.15) is 31.2 Å². The molecule has 0 saturated carbocycles. The summed E-state index contributed by atoms with van der Waals surface area (Å²) in [5.41, 5.74) is 6.31. The number of carboxylic acids is 1. The van der Waals surface area contributed by atoms with Crippen LogP contribution in [0.4, 0.5) is 0 Å². The molecule has 1 atom stereocenters. The number of benzene rings is 1. The van der Waals surface area contributed by atoms with Crippen LogP contribution in [0.2, 0.25) is 0 Å². The fourth-order valence-corrected chi connectivity index (χ4v) is 1.65. The number of nitrogens with two attached hydrogens (primary N) is 1. The first-order valence-corrected chi connectivity index (χ1v) is 6.21. The standard InChI is InChI=1S/C15H19NO2/c16-12-5-4-10-14(15(17)18)11-6-9-13-7-2-1-3-8-13/h1-3,7-8,14H,4-5,10-12,16H2,(H,17,18). The average Bonchev–Trinajstić information content (AvgIpc) is 2.38. The van der Waals surface area contributed by atoms with Crippen molar-refractivity contribution < 1.29 is 9.90 Å². The van der Waals surface area contributed by atoms with Gasteiger partial charge in [0.05, 0.1) is 5.92 Å². The SMILES string of the molecule is NCCCCC(CC#Cc1ccccc1)C(=O)O. The molecule has 96 valence electrons. The van der Waals surface area contributed by atoms with Gasteiger partial charge in [0.15, 0.2) is 0 Å². The van der Waals surface area contributed by atoms with Crippen molar-refractivity contribution in [1.29, 1.82) is 0 Å². The summed E-state index contributed by atoms with van der Waals surface area (Å²) in [4.78, 5) is 11.0. The van der Waals surface area contributed by atoms with Gasteiger partial charge in [0.2, 0.25) is 0 Å². The maximum Gasteiger partial charge on any atom is 0.307 e. The lowest BCUT2D eigenvalue weighted by atomic mass is 9.98. The molecule has 0 saturated heterocycles. The normalized spacial score (nSPS) is 11.4. The maximum absolute atomic E-state index is 11.0. The van der Waals surface area contributed by atoms with Crippen LogP contribution in [0, 0.1) is 17.8 Å². The van der Waals surface area contributed by atoms with Crippen molar-refractivity contribution in [3.63, 3.8) is 0 Å². The Morgan fingerprint density at radius 3 is 2.61 bits per heavy atom. The minimum Gasteiger partial charge on any atom is -0.481 e. The molecule has 0 aliphatic heterocycles. The highest BCUT2D eigenvalue weighted by Crippen LogP contribution is 2.12. The molecule has 0 aliphatic rings. The Kier molecular flexibility index (Phi) is 6.60. The van der Waals surface area contributed by atoms with E-state index in [4.69, 9.17) is 10.8 Å². The van der Waals surface area contributed by atoms with Crippen molar-refractivity contribution in [3.8, 4) is 11.8 Å². The van der Waals surface area contributed by atoms with E-state index in [0.29, 0.717) is 19.4 Å². The molecule has 3 nitrogen and oxygen atoms in total. The molecular formula is C15H19NO2. The number of hydrogen-bond acceptors (Lipinski definition) is 2. The van der Waals surface area contributed by atoms with Crippen LogP contribution in [-0.2, 0) is 4.79 Å². The largest absolute Gasteiger partial charge is 0.481 e. The van der Waals surface area contributed by atoms with Crippen LogP contribution in [0.15, 0.2) is 30.3 Å². The Balaban J connectivity index is 2.47. The number of carbonyl (C=O) groups is 1. The summed E-state index contributed by atoms with van der Waals surface area (Å²) in [7, 11) is 0. The highest BCUT2D eigenvalue weighted by Gasteiger charge is 2.15. The average molecular weight is 245 g/mol. The van der Waals surface area contributed by atoms with E-state index < -0.39 is 5.97 Å². The number of rotatable bonds is 6. The zero-order valence-electron chi connectivity index (χ0n) is 10.4. The summed E-state index contributed by atoms with van der Waals surface area (Å²) in [5.74, 6) is 4.78. The lowest BCUT2D eigenvalue weighted by molar-refractivity contribution is -0.141. The molecule has 0 radical (unpaired) electrons. The predicted molar refractivity (Wildman–Crippen MR) is 72.0 cm³/mol. The smallest absolute Gasteiger partial charge is 0.307 e. The zero-order chi connectivity index (χ0) is 13.2. The molecule has 0 fully saturated rings. The van der Waals surface area contributed by atoms with Crippen LogP contribution in [-0.4, -0.2) is 17.6 Å². The van der Waals surface area contributed by atoms with Crippen molar-refractivity contribution >= 4 is 5.97 Å². The first-order chi connectivity index (χ1) is 8.74. The molecule has 1 aromatic carbocycles. The van der Waals surface area contributed by atoms with Gasteiger partial charge in [-0.1, -0.05) is 36.5 Å². The summed E-state index contributed by atoms with van der Waals surface area (Å²) in [6.45, 7) is 0.613. The Hall–Kier alpha value is -1.79. The predicted octanol–water partition coefficient (Wildman–Crippen LogP) is 2.26. The number of hydrogen-bond donors (Lipinski definition) is 2. The van der Waals surface area contributed by atoms with Gasteiger partial charge in [-0.2, -0.15) is 0 Å². The minimum atomic E-state index is -0.769. The molecule has 0 aromatic heterocycles. The van der Waals surface area contributed by atoms with Crippen LogP contribution < -0.4 is 5.73 Å². The Morgan fingerprint density at radius 1 is 1.28 bits per heavy atom. The third kappa shape index (κ3) is 5.51. The van der Waals surface area contributed by atoms with Crippen molar-refractivity contribution in [1.82, 2.24) is 0 Å². The second kappa shape index (κ2) is 8.32. The highest BCUT2D eigenvalue weighted by molar-refractivity contribution is 5.70. The molecule has 0 aliphatic carbocycles. The minimum absolute atomic E-state index is 0.382. The Labute approximate surface area is 108 Å². The van der Waals surface area contributed by atoms with Crippen LogP contribution in [0.5, 0.6) is 0 Å². The summed E-state index contributed by atoms with van der Waals surface area (Å²) in [6.07, 6.45) is 2.77. The van der Waals surface area contributed by atoms with Gasteiger partial charge in [0.1, 0.15) is 0 Å². The molecule has 0 spiro atoms. The van der Waals surface area contributed by atoms with E-state index >= 15 is 0 Å². The fourth-order valence-electron chi connectivity index (χ4n) is 1.65. The second-order valence-corrected chi connectivity index (χ2v) is 4.19. The van der Waals surface area contributed by atoms with E-state index in [1.165, 1.54) is 0 Å². The fraction of sp³-hybridized carbons (Fsp3) is 0.400. The first-order valence-electron chi connectivity index (χ1n) is 6.21. The van der Waals surface area contributed by atoms with E-state index in [9.17, 15) is 4.79 Å². The van der Waals surface area contributed by atoms with Gasteiger partial charge in [0.25, 0.3) is 0 Å². The lowest BCUT2D eigenvalue weighted by Gasteiger charge is -2.07. The highest BCUT2D eigenvalue weighted by atomic mass is 16.4. The first kappa shape index (κ1) is 14.3. The van der Waals surface area contributed by atoms with Crippen molar-refractivity contribution in [3.05, 3.63) is 35.9 Å². The van der Waals surface area contributed by atoms with Crippen molar-refractivity contribution in [2.24, 2.45) is 11.7 Å². The van der Waals surface area contributed by atoms with Gasteiger partial charge in [-0.25, -0.2) is 0 Å². The van der Waals surface area contributed by atoms with Gasteiger partial charge in [-0.15, -0.1) is 0 Å². The number of carboxylic acid groups (broad SMARTS) is 1. The number of unbranched alkanes of at least 4 members (excludes halogenated alkanes) is 1. The number of aliphatic carboxylic acids is 1. The van der Waals surface area contributed by atoms with Gasteiger partial charge in [-0.3, -0.25) is 4.79 Å². The quantitative estimate of drug-likeness (QED) is 0.597. The lowest BCUT2D eigenvalue weighted by Crippen LogP contribution is -2.13. The van der Waals surface area contributed by atoms with Crippen molar-refractivity contribution in [2.45, 2.75) is 25.7 Å².